The molecule has 2 amide bonds. The van der Waals surface area contributed by atoms with Crippen molar-refractivity contribution >= 4 is 12.0 Å². The van der Waals surface area contributed by atoms with E-state index >= 15 is 0 Å². The minimum Gasteiger partial charge on any atom is -0.481 e. The second-order valence-corrected chi connectivity index (χ2v) is 7.51. The summed E-state index contributed by atoms with van der Waals surface area (Å²) in [5, 5.41) is 12.0. The molecule has 0 radical (unpaired) electrons. The minimum absolute atomic E-state index is 0.0982. The summed E-state index contributed by atoms with van der Waals surface area (Å²) in [6.45, 7) is -0.151. The standard InChI is InChI=1S/C19H24F3N3O3/c20-19(21,22)12-24-10-15(13-5-2-1-3-6-13)16(11-24)23-18(28)25-8-4-7-14(9-25)17(26)27/h1-3,5-6,14-16H,4,7-12H2,(H,23,28)(H,26,27)/t14?,15-,16+/m0/s1. The summed E-state index contributed by atoms with van der Waals surface area (Å²) in [6, 6.07) is 8.29. The first kappa shape index (κ1) is 20.4. The number of carbonyl (C=O) groups excluding carboxylic acids is 1. The molecule has 1 unspecified atom stereocenters. The zero-order valence-electron chi connectivity index (χ0n) is 15.4. The molecule has 2 heterocycles. The summed E-state index contributed by atoms with van der Waals surface area (Å²) in [5.41, 5.74) is 0.875. The molecule has 2 fully saturated rings. The van der Waals surface area contributed by atoms with Crippen molar-refractivity contribution in [1.82, 2.24) is 15.1 Å². The van der Waals surface area contributed by atoms with Crippen LogP contribution >= 0.6 is 0 Å². The van der Waals surface area contributed by atoms with Crippen LogP contribution in [0.4, 0.5) is 18.0 Å². The van der Waals surface area contributed by atoms with Crippen LogP contribution in [0.15, 0.2) is 30.3 Å². The zero-order valence-corrected chi connectivity index (χ0v) is 15.4. The normalized spacial score (nSPS) is 26.2. The maximum atomic E-state index is 12.8. The zero-order chi connectivity index (χ0) is 20.3. The second-order valence-electron chi connectivity index (χ2n) is 7.51. The van der Waals surface area contributed by atoms with Gasteiger partial charge in [0.05, 0.1) is 18.5 Å². The molecule has 0 bridgehead atoms. The average Bonchev–Trinajstić information content (AvgIpc) is 3.02. The molecule has 0 saturated carbocycles. The van der Waals surface area contributed by atoms with Gasteiger partial charge in [0.2, 0.25) is 0 Å². The highest BCUT2D eigenvalue weighted by Gasteiger charge is 2.41. The van der Waals surface area contributed by atoms with Crippen molar-refractivity contribution in [3.8, 4) is 0 Å². The number of amides is 2. The Bertz CT molecular complexity index is 699. The van der Waals surface area contributed by atoms with Gasteiger partial charge in [-0.25, -0.2) is 4.79 Å². The maximum absolute atomic E-state index is 12.8. The van der Waals surface area contributed by atoms with Crippen LogP contribution in [-0.4, -0.2) is 71.8 Å². The predicted octanol–water partition coefficient (Wildman–Crippen LogP) is 2.52. The molecule has 28 heavy (non-hydrogen) atoms. The SMILES string of the molecule is O=C(O)C1CCCN(C(=O)N[C@@H]2CN(CC(F)(F)F)C[C@H]2c2ccccc2)C1. The Hall–Kier alpha value is -2.29. The van der Waals surface area contributed by atoms with E-state index in [1.165, 1.54) is 9.80 Å². The van der Waals surface area contributed by atoms with Crippen LogP contribution in [0.25, 0.3) is 0 Å². The number of alkyl halides is 3. The first-order valence-corrected chi connectivity index (χ1v) is 9.35. The van der Waals surface area contributed by atoms with E-state index in [2.05, 4.69) is 5.32 Å². The molecule has 0 spiro atoms. The van der Waals surface area contributed by atoms with Gasteiger partial charge in [-0.05, 0) is 18.4 Å². The van der Waals surface area contributed by atoms with E-state index in [4.69, 9.17) is 0 Å². The number of hydrogen-bond donors (Lipinski definition) is 2. The van der Waals surface area contributed by atoms with Crippen LogP contribution in [0.1, 0.15) is 24.3 Å². The van der Waals surface area contributed by atoms with E-state index in [1.807, 2.05) is 30.3 Å². The van der Waals surface area contributed by atoms with E-state index in [9.17, 15) is 27.9 Å². The predicted molar refractivity (Wildman–Crippen MR) is 95.9 cm³/mol. The minimum atomic E-state index is -4.30. The fourth-order valence-corrected chi connectivity index (χ4v) is 4.07. The highest BCUT2D eigenvalue weighted by molar-refractivity contribution is 5.77. The molecule has 0 aliphatic carbocycles. The van der Waals surface area contributed by atoms with Crippen molar-refractivity contribution in [3.05, 3.63) is 35.9 Å². The number of rotatable bonds is 4. The molecule has 2 saturated heterocycles. The van der Waals surface area contributed by atoms with Crippen molar-refractivity contribution in [2.45, 2.75) is 31.0 Å². The van der Waals surface area contributed by atoms with Crippen molar-refractivity contribution in [2.24, 2.45) is 5.92 Å². The molecule has 3 rings (SSSR count). The molecular weight excluding hydrogens is 375 g/mol. The average molecular weight is 399 g/mol. The van der Waals surface area contributed by atoms with Gasteiger partial charge in [0, 0.05) is 32.1 Å². The molecule has 154 valence electrons. The van der Waals surface area contributed by atoms with E-state index in [1.54, 1.807) is 0 Å². The maximum Gasteiger partial charge on any atom is 0.401 e. The van der Waals surface area contributed by atoms with Gasteiger partial charge in [-0.1, -0.05) is 30.3 Å². The number of carbonyl (C=O) groups is 2. The van der Waals surface area contributed by atoms with Gasteiger partial charge in [-0.2, -0.15) is 13.2 Å². The van der Waals surface area contributed by atoms with Crippen LogP contribution < -0.4 is 5.32 Å². The van der Waals surface area contributed by atoms with E-state index in [0.717, 1.165) is 5.56 Å². The summed E-state index contributed by atoms with van der Waals surface area (Å²) >= 11 is 0. The van der Waals surface area contributed by atoms with Gasteiger partial charge in [-0.3, -0.25) is 9.69 Å². The Balaban J connectivity index is 1.70. The highest BCUT2D eigenvalue weighted by atomic mass is 19.4. The number of nitrogens with one attached hydrogen (secondary N) is 1. The molecule has 0 aromatic heterocycles. The summed E-state index contributed by atoms with van der Waals surface area (Å²) in [6.07, 6.45) is -3.19. The Labute approximate surface area is 161 Å². The lowest BCUT2D eigenvalue weighted by atomic mass is 9.94. The quantitative estimate of drug-likeness (QED) is 0.816. The summed E-state index contributed by atoms with van der Waals surface area (Å²) in [4.78, 5) is 26.6. The van der Waals surface area contributed by atoms with Crippen LogP contribution in [0.5, 0.6) is 0 Å². The fourth-order valence-electron chi connectivity index (χ4n) is 4.07. The largest absolute Gasteiger partial charge is 0.481 e. The lowest BCUT2D eigenvalue weighted by Gasteiger charge is -2.32. The van der Waals surface area contributed by atoms with E-state index < -0.39 is 36.7 Å². The molecular formula is C19H24F3N3O3. The molecule has 6 nitrogen and oxygen atoms in total. The summed E-state index contributed by atoms with van der Waals surface area (Å²) < 4.78 is 38.5. The second kappa shape index (κ2) is 8.38. The molecule has 2 aliphatic heterocycles. The Morgan fingerprint density at radius 2 is 1.86 bits per heavy atom. The van der Waals surface area contributed by atoms with Gasteiger partial charge in [-0.15, -0.1) is 0 Å². The Morgan fingerprint density at radius 3 is 2.50 bits per heavy atom. The van der Waals surface area contributed by atoms with Crippen molar-refractivity contribution in [2.75, 3.05) is 32.7 Å². The Morgan fingerprint density at radius 1 is 1.14 bits per heavy atom. The number of nitrogens with zero attached hydrogens (tertiary/aromatic N) is 2. The first-order chi connectivity index (χ1) is 13.2. The lowest BCUT2D eigenvalue weighted by Crippen LogP contribution is -2.51. The highest BCUT2D eigenvalue weighted by Crippen LogP contribution is 2.30. The number of hydrogen-bond acceptors (Lipinski definition) is 3. The Kier molecular flexibility index (Phi) is 6.12. The number of carboxylic acids is 1. The number of benzene rings is 1. The number of halogens is 3. The third-order valence-electron chi connectivity index (χ3n) is 5.39. The molecule has 1 aromatic rings. The molecule has 3 atom stereocenters. The number of aliphatic carboxylic acids is 1. The fraction of sp³-hybridized carbons (Fsp3) is 0.579. The number of carboxylic acid groups (broad SMARTS) is 1. The van der Waals surface area contributed by atoms with E-state index in [0.29, 0.717) is 19.4 Å². The van der Waals surface area contributed by atoms with Crippen LogP contribution in [0, 0.1) is 5.92 Å². The summed E-state index contributed by atoms with van der Waals surface area (Å²) in [7, 11) is 0. The third-order valence-corrected chi connectivity index (χ3v) is 5.39. The van der Waals surface area contributed by atoms with Gasteiger partial charge < -0.3 is 15.3 Å². The smallest absolute Gasteiger partial charge is 0.401 e. The van der Waals surface area contributed by atoms with Crippen LogP contribution in [0.2, 0.25) is 0 Å². The molecule has 2 aliphatic rings. The van der Waals surface area contributed by atoms with Crippen molar-refractivity contribution < 1.29 is 27.9 Å². The molecule has 2 N–H and O–H groups in total. The van der Waals surface area contributed by atoms with Gasteiger partial charge in [0.1, 0.15) is 0 Å². The first-order valence-electron chi connectivity index (χ1n) is 9.35. The monoisotopic (exact) mass is 399 g/mol. The van der Waals surface area contributed by atoms with Crippen LogP contribution in [-0.2, 0) is 4.79 Å². The number of likely N-dealkylation sites (tertiary alicyclic amines) is 2. The van der Waals surface area contributed by atoms with Gasteiger partial charge in [0.25, 0.3) is 0 Å². The van der Waals surface area contributed by atoms with Crippen LogP contribution in [0.3, 0.4) is 0 Å². The lowest BCUT2D eigenvalue weighted by molar-refractivity contribution is -0.144. The van der Waals surface area contributed by atoms with Crippen molar-refractivity contribution in [3.63, 3.8) is 0 Å². The third kappa shape index (κ3) is 5.15. The molecule has 9 heteroatoms. The van der Waals surface area contributed by atoms with Gasteiger partial charge in [0.15, 0.2) is 0 Å². The number of urea groups is 1. The topological polar surface area (TPSA) is 72.9 Å². The van der Waals surface area contributed by atoms with E-state index in [-0.39, 0.29) is 25.6 Å². The van der Waals surface area contributed by atoms with Gasteiger partial charge >= 0.3 is 18.2 Å². The summed E-state index contributed by atoms with van der Waals surface area (Å²) in [5.74, 6) is -1.79. The number of piperidine rings is 1. The van der Waals surface area contributed by atoms with Crippen molar-refractivity contribution in [1.29, 1.82) is 0 Å². The molecule has 1 aromatic carbocycles.